The van der Waals surface area contributed by atoms with E-state index in [4.69, 9.17) is 5.73 Å². The molecule has 1 unspecified atom stereocenters. The number of allylic oxidation sites excluding steroid dienone is 6. The summed E-state index contributed by atoms with van der Waals surface area (Å²) < 4.78 is 0. The van der Waals surface area contributed by atoms with E-state index in [1.54, 1.807) is 11.8 Å². The number of nitrogens with zero attached hydrogens (tertiary/aromatic N) is 1. The fraction of sp³-hybridized carbons (Fsp3) is 0.167. The van der Waals surface area contributed by atoms with Gasteiger partial charge in [0.05, 0.1) is 17.9 Å². The highest BCUT2D eigenvalue weighted by molar-refractivity contribution is 8.06. The van der Waals surface area contributed by atoms with Crippen LogP contribution in [0.1, 0.15) is 29.2 Å². The number of hydrogen-bond acceptors (Lipinski definition) is 5. The van der Waals surface area contributed by atoms with Crippen molar-refractivity contribution in [3.05, 3.63) is 165 Å². The SMILES string of the molecule is C=C1/C=C\C=C/NC(/C=C(\C)SC2=C(N)CNC(N3c4ccccc4Cc4ccccc43)=C2)Cc2ccccc2C1. The molecule has 0 radical (unpaired) electrons. The van der Waals surface area contributed by atoms with Crippen molar-refractivity contribution in [3.8, 4) is 0 Å². The summed E-state index contributed by atoms with van der Waals surface area (Å²) in [5.74, 6) is 1.05. The molecule has 1 atom stereocenters. The zero-order valence-electron chi connectivity index (χ0n) is 23.4. The van der Waals surface area contributed by atoms with Gasteiger partial charge in [-0.3, -0.25) is 4.90 Å². The van der Waals surface area contributed by atoms with E-state index in [1.807, 2.05) is 12.3 Å². The first-order valence-electron chi connectivity index (χ1n) is 14.2. The molecule has 3 aromatic carbocycles. The van der Waals surface area contributed by atoms with Crippen molar-refractivity contribution in [2.24, 2.45) is 5.73 Å². The van der Waals surface area contributed by atoms with E-state index in [0.717, 1.165) is 41.3 Å². The van der Waals surface area contributed by atoms with Gasteiger partial charge in [0.1, 0.15) is 5.82 Å². The molecule has 3 heterocycles. The van der Waals surface area contributed by atoms with Crippen LogP contribution in [-0.4, -0.2) is 12.6 Å². The number of fused-ring (bicyclic) bond motifs is 3. The minimum Gasteiger partial charge on any atom is -0.400 e. The molecule has 0 aromatic heterocycles. The first-order chi connectivity index (χ1) is 20.0. The molecule has 0 saturated carbocycles. The van der Waals surface area contributed by atoms with Crippen molar-refractivity contribution in [1.82, 2.24) is 10.6 Å². The molecule has 0 spiro atoms. The first kappa shape index (κ1) is 26.9. The van der Waals surface area contributed by atoms with Crippen LogP contribution in [0.3, 0.4) is 0 Å². The van der Waals surface area contributed by atoms with Crippen LogP contribution in [0.2, 0.25) is 0 Å². The lowest BCUT2D eigenvalue weighted by Gasteiger charge is -2.36. The Morgan fingerprint density at radius 1 is 0.902 bits per heavy atom. The Labute approximate surface area is 247 Å². The van der Waals surface area contributed by atoms with Crippen molar-refractivity contribution >= 4 is 23.1 Å². The Bertz CT molecular complexity index is 1580. The van der Waals surface area contributed by atoms with E-state index in [2.05, 4.69) is 126 Å². The Morgan fingerprint density at radius 2 is 1.56 bits per heavy atom. The van der Waals surface area contributed by atoms with Gasteiger partial charge < -0.3 is 16.4 Å². The Hall–Kier alpha value is -4.35. The van der Waals surface area contributed by atoms with Gasteiger partial charge in [-0.25, -0.2) is 0 Å². The molecule has 6 rings (SSSR count). The van der Waals surface area contributed by atoms with Gasteiger partial charge in [0.2, 0.25) is 0 Å². The molecule has 0 bridgehead atoms. The number of nitrogens with two attached hydrogens (primary N) is 1. The monoisotopic (exact) mass is 556 g/mol. The fourth-order valence-electron chi connectivity index (χ4n) is 5.68. The van der Waals surface area contributed by atoms with E-state index in [0.29, 0.717) is 6.54 Å². The highest BCUT2D eigenvalue weighted by Crippen LogP contribution is 2.42. The van der Waals surface area contributed by atoms with Gasteiger partial charge >= 0.3 is 0 Å². The molecule has 0 saturated heterocycles. The molecular weight excluding hydrogens is 520 g/mol. The number of benzene rings is 3. The molecule has 5 heteroatoms. The van der Waals surface area contributed by atoms with Crippen molar-refractivity contribution in [2.75, 3.05) is 11.4 Å². The quantitative estimate of drug-likeness (QED) is 0.313. The van der Waals surface area contributed by atoms with E-state index in [1.165, 1.54) is 38.5 Å². The number of dihydropyridines is 1. The summed E-state index contributed by atoms with van der Waals surface area (Å²) >= 11 is 1.74. The van der Waals surface area contributed by atoms with Gasteiger partial charge in [0, 0.05) is 23.1 Å². The maximum absolute atomic E-state index is 6.58. The summed E-state index contributed by atoms with van der Waals surface area (Å²) in [5.41, 5.74) is 16.3. The van der Waals surface area contributed by atoms with Crippen LogP contribution in [0.15, 0.2) is 143 Å². The Kier molecular flexibility index (Phi) is 7.88. The summed E-state index contributed by atoms with van der Waals surface area (Å²) in [5, 5.41) is 7.19. The van der Waals surface area contributed by atoms with Gasteiger partial charge in [0.15, 0.2) is 0 Å². The van der Waals surface area contributed by atoms with Crippen LogP contribution in [-0.2, 0) is 19.3 Å². The van der Waals surface area contributed by atoms with Gasteiger partial charge in [-0.15, -0.1) is 0 Å². The maximum Gasteiger partial charge on any atom is 0.112 e. The minimum atomic E-state index is 0.146. The molecule has 3 aliphatic heterocycles. The van der Waals surface area contributed by atoms with Crippen molar-refractivity contribution in [2.45, 2.75) is 32.2 Å². The van der Waals surface area contributed by atoms with Crippen molar-refractivity contribution < 1.29 is 0 Å². The third-order valence-electron chi connectivity index (χ3n) is 7.66. The normalized spacial score (nSPS) is 20.4. The van der Waals surface area contributed by atoms with Crippen LogP contribution in [0.5, 0.6) is 0 Å². The predicted molar refractivity (Wildman–Crippen MR) is 175 cm³/mol. The van der Waals surface area contributed by atoms with Crippen molar-refractivity contribution in [3.63, 3.8) is 0 Å². The summed E-state index contributed by atoms with van der Waals surface area (Å²) in [6.07, 6.45) is 15.4. The molecule has 206 valence electrons. The van der Waals surface area contributed by atoms with Gasteiger partial charge in [-0.05, 0) is 77.4 Å². The Balaban J connectivity index is 1.28. The second-order valence-corrected chi connectivity index (χ2v) is 12.0. The lowest BCUT2D eigenvalue weighted by Crippen LogP contribution is -2.35. The molecule has 0 amide bonds. The van der Waals surface area contributed by atoms with Crippen LogP contribution < -0.4 is 21.3 Å². The van der Waals surface area contributed by atoms with Crippen LogP contribution in [0, 0.1) is 0 Å². The number of anilines is 2. The number of para-hydroxylation sites is 2. The highest BCUT2D eigenvalue weighted by atomic mass is 32.2. The maximum atomic E-state index is 6.58. The van der Waals surface area contributed by atoms with Gasteiger partial charge in [-0.1, -0.05) is 103 Å². The lowest BCUT2D eigenvalue weighted by molar-refractivity contribution is 0.690. The summed E-state index contributed by atoms with van der Waals surface area (Å²) in [6.45, 7) is 7.02. The molecular formula is C36H36N4S. The smallest absolute Gasteiger partial charge is 0.112 e. The Morgan fingerprint density at radius 3 is 2.29 bits per heavy atom. The molecule has 0 aliphatic carbocycles. The summed E-state index contributed by atoms with van der Waals surface area (Å²) in [7, 11) is 0. The molecule has 41 heavy (non-hydrogen) atoms. The third-order valence-corrected chi connectivity index (χ3v) is 8.72. The average Bonchev–Trinajstić information content (AvgIpc) is 3.01. The molecule has 4 N–H and O–H groups in total. The number of thioether (sulfide) groups is 1. The first-order valence-corrected chi connectivity index (χ1v) is 15.0. The topological polar surface area (TPSA) is 53.3 Å². The fourth-order valence-corrected chi connectivity index (χ4v) is 6.64. The zero-order chi connectivity index (χ0) is 28.2. The van der Waals surface area contributed by atoms with Gasteiger partial charge in [-0.2, -0.15) is 0 Å². The predicted octanol–water partition coefficient (Wildman–Crippen LogP) is 7.36. The van der Waals surface area contributed by atoms with E-state index >= 15 is 0 Å². The second-order valence-electron chi connectivity index (χ2n) is 10.7. The third kappa shape index (κ3) is 6.06. The molecule has 0 fully saturated rings. The molecule has 3 aromatic rings. The highest BCUT2D eigenvalue weighted by Gasteiger charge is 2.27. The van der Waals surface area contributed by atoms with Gasteiger partial charge in [0.25, 0.3) is 0 Å². The van der Waals surface area contributed by atoms with Crippen LogP contribution in [0.25, 0.3) is 0 Å². The second kappa shape index (κ2) is 12.0. The molecule has 3 aliphatic rings. The summed E-state index contributed by atoms with van der Waals surface area (Å²) in [6, 6.07) is 26.2. The van der Waals surface area contributed by atoms with Crippen molar-refractivity contribution in [1.29, 1.82) is 0 Å². The van der Waals surface area contributed by atoms with E-state index in [-0.39, 0.29) is 6.04 Å². The number of nitrogens with one attached hydrogen (secondary N) is 2. The largest absolute Gasteiger partial charge is 0.400 e. The lowest BCUT2D eigenvalue weighted by atomic mass is 9.95. The standard InChI is InChI=1S/C36H36N4S/c1-25-11-9-10-18-38-31(22-28-13-4-3-12-27(28)19-25)20-26(2)41-35-23-36(39-24-32(35)37)40-33-16-7-5-14-29(33)21-30-15-6-8-17-34(30)40/h3-18,20,23,31,38-39H,1,19,21-22,24,37H2,2H3/b11-9-,18-10-,26-20+. The summed E-state index contributed by atoms with van der Waals surface area (Å²) in [4.78, 5) is 4.63. The average molecular weight is 557 g/mol. The molecule has 4 nitrogen and oxygen atoms in total. The van der Waals surface area contributed by atoms with Crippen LogP contribution in [0.4, 0.5) is 11.4 Å². The zero-order valence-corrected chi connectivity index (χ0v) is 24.3. The number of hydrogen-bond donors (Lipinski definition) is 3. The van der Waals surface area contributed by atoms with Crippen LogP contribution >= 0.6 is 11.8 Å². The number of rotatable bonds is 4. The van der Waals surface area contributed by atoms with E-state index in [9.17, 15) is 0 Å². The minimum absolute atomic E-state index is 0.146. The van der Waals surface area contributed by atoms with E-state index < -0.39 is 0 Å².